The molecule has 0 saturated heterocycles. The molecule has 1 saturated carbocycles. The fourth-order valence-electron chi connectivity index (χ4n) is 2.31. The summed E-state index contributed by atoms with van der Waals surface area (Å²) in [6.07, 6.45) is 6.74. The molecule has 0 heterocycles. The van der Waals surface area contributed by atoms with E-state index in [9.17, 15) is 0 Å². The van der Waals surface area contributed by atoms with Gasteiger partial charge in [-0.15, -0.1) is 0 Å². The topological polar surface area (TPSA) is 26.0 Å². The molecule has 2 N–H and O–H groups in total. The fraction of sp³-hybridized carbons (Fsp3) is 1.00. The number of rotatable bonds is 4. The highest BCUT2D eigenvalue weighted by atomic mass is 32.2. The Morgan fingerprint density at radius 3 is 2.69 bits per heavy atom. The minimum absolute atomic E-state index is 0.470. The van der Waals surface area contributed by atoms with Gasteiger partial charge in [-0.05, 0) is 30.9 Å². The van der Waals surface area contributed by atoms with Crippen LogP contribution in [-0.2, 0) is 0 Å². The van der Waals surface area contributed by atoms with Crippen molar-refractivity contribution in [3.05, 3.63) is 0 Å². The van der Waals surface area contributed by atoms with E-state index >= 15 is 0 Å². The first-order valence-electron chi connectivity index (χ1n) is 5.65. The van der Waals surface area contributed by atoms with Gasteiger partial charge in [-0.25, -0.2) is 0 Å². The van der Waals surface area contributed by atoms with E-state index in [0.29, 0.717) is 6.04 Å². The van der Waals surface area contributed by atoms with Crippen molar-refractivity contribution >= 4 is 11.8 Å². The molecule has 0 aromatic heterocycles. The molecule has 1 rings (SSSR count). The molecule has 0 aromatic carbocycles. The summed E-state index contributed by atoms with van der Waals surface area (Å²) in [5, 5.41) is 0.746. The first kappa shape index (κ1) is 11.4. The van der Waals surface area contributed by atoms with Crippen LogP contribution in [0.4, 0.5) is 0 Å². The van der Waals surface area contributed by atoms with Crippen LogP contribution in [0, 0.1) is 5.92 Å². The first-order valence-corrected chi connectivity index (χ1v) is 6.70. The lowest BCUT2D eigenvalue weighted by Gasteiger charge is -2.33. The second kappa shape index (κ2) is 5.92. The van der Waals surface area contributed by atoms with Crippen LogP contribution >= 0.6 is 11.8 Å². The normalized spacial score (nSPS) is 34.8. The van der Waals surface area contributed by atoms with Gasteiger partial charge in [-0.3, -0.25) is 0 Å². The van der Waals surface area contributed by atoms with Gasteiger partial charge in [0.1, 0.15) is 0 Å². The van der Waals surface area contributed by atoms with Crippen molar-refractivity contribution < 1.29 is 0 Å². The highest BCUT2D eigenvalue weighted by molar-refractivity contribution is 7.99. The zero-order valence-corrected chi connectivity index (χ0v) is 9.78. The van der Waals surface area contributed by atoms with Crippen molar-refractivity contribution in [1.82, 2.24) is 0 Å². The van der Waals surface area contributed by atoms with Gasteiger partial charge >= 0.3 is 0 Å². The van der Waals surface area contributed by atoms with Crippen LogP contribution in [0.5, 0.6) is 0 Å². The molecule has 1 aliphatic carbocycles. The van der Waals surface area contributed by atoms with Crippen molar-refractivity contribution in [2.75, 3.05) is 5.75 Å². The maximum atomic E-state index is 6.10. The van der Waals surface area contributed by atoms with E-state index in [1.165, 1.54) is 37.9 Å². The molecule has 1 nitrogen and oxygen atoms in total. The molecular formula is C11H23NS. The second-order valence-corrected chi connectivity index (χ2v) is 5.64. The highest BCUT2D eigenvalue weighted by Gasteiger charge is 2.27. The van der Waals surface area contributed by atoms with Gasteiger partial charge in [0.05, 0.1) is 0 Å². The van der Waals surface area contributed by atoms with Crippen LogP contribution in [0.2, 0.25) is 0 Å². The molecule has 2 heteroatoms. The molecule has 0 aromatic rings. The zero-order chi connectivity index (χ0) is 9.68. The van der Waals surface area contributed by atoms with Crippen LogP contribution in [0.1, 0.15) is 46.0 Å². The molecule has 1 aliphatic rings. The molecule has 13 heavy (non-hydrogen) atoms. The van der Waals surface area contributed by atoms with Crippen molar-refractivity contribution in [2.45, 2.75) is 57.2 Å². The van der Waals surface area contributed by atoms with Gasteiger partial charge in [0.2, 0.25) is 0 Å². The van der Waals surface area contributed by atoms with Crippen LogP contribution in [0.3, 0.4) is 0 Å². The predicted molar refractivity (Wildman–Crippen MR) is 62.1 cm³/mol. The maximum absolute atomic E-state index is 6.10. The molecule has 0 bridgehead atoms. The first-order chi connectivity index (χ1) is 6.27. The fourth-order valence-corrected chi connectivity index (χ4v) is 3.53. The second-order valence-electron chi connectivity index (χ2n) is 4.13. The molecule has 0 radical (unpaired) electrons. The van der Waals surface area contributed by atoms with Crippen molar-refractivity contribution in [1.29, 1.82) is 0 Å². The standard InChI is InChI=1S/C11H23NS/c1-3-5-9-6-7-10(12)11(8-9)13-4-2/h9-11H,3-8,12H2,1-2H3. The summed E-state index contributed by atoms with van der Waals surface area (Å²) in [6.45, 7) is 4.53. The van der Waals surface area contributed by atoms with E-state index in [0.717, 1.165) is 11.2 Å². The summed E-state index contributed by atoms with van der Waals surface area (Å²) in [7, 11) is 0. The van der Waals surface area contributed by atoms with E-state index in [1.807, 2.05) is 0 Å². The van der Waals surface area contributed by atoms with Gasteiger partial charge < -0.3 is 5.73 Å². The lowest BCUT2D eigenvalue weighted by molar-refractivity contribution is 0.317. The largest absolute Gasteiger partial charge is 0.327 e. The van der Waals surface area contributed by atoms with Crippen LogP contribution in [0.15, 0.2) is 0 Å². The summed E-state index contributed by atoms with van der Waals surface area (Å²) < 4.78 is 0. The average Bonchev–Trinajstić information content (AvgIpc) is 2.12. The number of nitrogens with two attached hydrogens (primary N) is 1. The smallest absolute Gasteiger partial charge is 0.0201 e. The third-order valence-electron chi connectivity index (χ3n) is 3.03. The number of thioether (sulfide) groups is 1. The van der Waals surface area contributed by atoms with Crippen molar-refractivity contribution in [3.8, 4) is 0 Å². The Hall–Kier alpha value is 0.310. The summed E-state index contributed by atoms with van der Waals surface area (Å²) in [4.78, 5) is 0. The molecule has 78 valence electrons. The van der Waals surface area contributed by atoms with E-state index in [4.69, 9.17) is 5.73 Å². The van der Waals surface area contributed by atoms with Crippen molar-refractivity contribution in [3.63, 3.8) is 0 Å². The van der Waals surface area contributed by atoms with E-state index in [-0.39, 0.29) is 0 Å². The van der Waals surface area contributed by atoms with Crippen molar-refractivity contribution in [2.24, 2.45) is 11.7 Å². The molecule has 0 spiro atoms. The third-order valence-corrected chi connectivity index (χ3v) is 4.33. The predicted octanol–water partition coefficient (Wildman–Crippen LogP) is 3.04. The third kappa shape index (κ3) is 3.51. The van der Waals surface area contributed by atoms with Gasteiger partial charge in [0, 0.05) is 11.3 Å². The number of hydrogen-bond acceptors (Lipinski definition) is 2. The van der Waals surface area contributed by atoms with E-state index in [2.05, 4.69) is 25.6 Å². The lowest BCUT2D eigenvalue weighted by atomic mass is 9.83. The van der Waals surface area contributed by atoms with Gasteiger partial charge in [-0.2, -0.15) is 11.8 Å². The minimum atomic E-state index is 0.470. The highest BCUT2D eigenvalue weighted by Crippen LogP contribution is 2.33. The molecule has 0 aliphatic heterocycles. The summed E-state index contributed by atoms with van der Waals surface area (Å²) in [5.41, 5.74) is 6.10. The Balaban J connectivity index is 2.33. The lowest BCUT2D eigenvalue weighted by Crippen LogP contribution is -2.38. The molecular weight excluding hydrogens is 178 g/mol. The van der Waals surface area contributed by atoms with Crippen LogP contribution in [-0.4, -0.2) is 17.0 Å². The summed E-state index contributed by atoms with van der Waals surface area (Å²) >= 11 is 2.06. The van der Waals surface area contributed by atoms with Crippen LogP contribution in [0.25, 0.3) is 0 Å². The quantitative estimate of drug-likeness (QED) is 0.756. The molecule has 3 unspecified atom stereocenters. The zero-order valence-electron chi connectivity index (χ0n) is 8.96. The Kier molecular flexibility index (Phi) is 5.18. The number of hydrogen-bond donors (Lipinski definition) is 1. The maximum Gasteiger partial charge on any atom is 0.0201 e. The minimum Gasteiger partial charge on any atom is -0.327 e. The summed E-state index contributed by atoms with van der Waals surface area (Å²) in [6, 6.07) is 0.470. The van der Waals surface area contributed by atoms with E-state index < -0.39 is 0 Å². The van der Waals surface area contributed by atoms with Gasteiger partial charge in [0.15, 0.2) is 0 Å². The monoisotopic (exact) mass is 201 g/mol. The molecule has 3 atom stereocenters. The SMILES string of the molecule is CCCC1CCC(N)C(SCC)C1. The molecule has 1 fully saturated rings. The van der Waals surface area contributed by atoms with Crippen LogP contribution < -0.4 is 5.73 Å². The summed E-state index contributed by atoms with van der Waals surface area (Å²) in [5.74, 6) is 2.19. The van der Waals surface area contributed by atoms with Gasteiger partial charge in [-0.1, -0.05) is 26.7 Å². The average molecular weight is 201 g/mol. The Bertz CT molecular complexity index is 138. The Morgan fingerprint density at radius 1 is 1.31 bits per heavy atom. The molecule has 0 amide bonds. The van der Waals surface area contributed by atoms with Gasteiger partial charge in [0.25, 0.3) is 0 Å². The Labute approximate surface area is 86.8 Å². The Morgan fingerprint density at radius 2 is 2.08 bits per heavy atom. The van der Waals surface area contributed by atoms with E-state index in [1.54, 1.807) is 0 Å².